The van der Waals surface area contributed by atoms with Gasteiger partial charge in [0.2, 0.25) is 5.95 Å². The van der Waals surface area contributed by atoms with Gasteiger partial charge in [-0.05, 0) is 30.3 Å². The summed E-state index contributed by atoms with van der Waals surface area (Å²) in [6.07, 6.45) is 1.81. The van der Waals surface area contributed by atoms with Crippen LogP contribution in [-0.2, 0) is 9.47 Å². The molecule has 3 aromatic heterocycles. The third-order valence-corrected chi connectivity index (χ3v) is 6.06. The fourth-order valence-electron chi connectivity index (χ4n) is 4.39. The Labute approximate surface area is 184 Å². The molecule has 9 heteroatoms. The van der Waals surface area contributed by atoms with E-state index in [0.717, 1.165) is 48.4 Å². The summed E-state index contributed by atoms with van der Waals surface area (Å²) in [6, 6.07) is 8.85. The molecule has 0 spiro atoms. The van der Waals surface area contributed by atoms with Crippen LogP contribution in [0.4, 0.5) is 16.2 Å². The molecule has 5 heterocycles. The third-order valence-electron chi connectivity index (χ3n) is 6.06. The first kappa shape index (κ1) is 19.4. The minimum Gasteiger partial charge on any atom is -0.378 e. The Morgan fingerprint density at radius 1 is 0.812 bits per heavy atom. The molecule has 32 heavy (non-hydrogen) atoms. The van der Waals surface area contributed by atoms with Crippen LogP contribution in [0.1, 0.15) is 0 Å². The highest BCUT2D eigenvalue weighted by Crippen LogP contribution is 2.33. The van der Waals surface area contributed by atoms with Crippen molar-refractivity contribution in [2.75, 3.05) is 62.4 Å². The van der Waals surface area contributed by atoms with Crippen LogP contribution in [0.3, 0.4) is 0 Å². The van der Waals surface area contributed by atoms with Crippen molar-refractivity contribution in [3.8, 4) is 11.3 Å². The van der Waals surface area contributed by atoms with Gasteiger partial charge < -0.3 is 24.3 Å². The van der Waals surface area contributed by atoms with Gasteiger partial charge in [0.05, 0.1) is 37.6 Å². The molecule has 2 aliphatic rings. The number of hydrogen-bond donors (Lipinski definition) is 1. The number of aromatic nitrogens is 4. The first-order chi connectivity index (χ1) is 15.8. The highest BCUT2D eigenvalue weighted by Gasteiger charge is 2.23. The van der Waals surface area contributed by atoms with Crippen LogP contribution in [0.5, 0.6) is 0 Å². The lowest BCUT2D eigenvalue weighted by atomic mass is 10.1. The molecule has 2 fully saturated rings. The fourth-order valence-corrected chi connectivity index (χ4v) is 4.39. The number of fused-ring (bicyclic) bond motifs is 2. The smallest absolute Gasteiger partial charge is 0.228 e. The lowest BCUT2D eigenvalue weighted by molar-refractivity contribution is 0.121. The molecule has 0 saturated carbocycles. The number of ether oxygens (including phenoxy) is 2. The maximum absolute atomic E-state index is 14.9. The van der Waals surface area contributed by atoms with Gasteiger partial charge in [-0.25, -0.2) is 14.4 Å². The highest BCUT2D eigenvalue weighted by atomic mass is 19.1. The first-order valence-corrected chi connectivity index (χ1v) is 10.9. The summed E-state index contributed by atoms with van der Waals surface area (Å²) in [4.78, 5) is 22.1. The number of rotatable bonds is 3. The number of morpholine rings is 2. The number of aromatic amines is 1. The predicted molar refractivity (Wildman–Crippen MR) is 121 cm³/mol. The second-order valence-corrected chi connectivity index (χ2v) is 7.97. The van der Waals surface area contributed by atoms with E-state index in [1.165, 1.54) is 6.07 Å². The molecule has 2 aliphatic heterocycles. The van der Waals surface area contributed by atoms with E-state index in [1.807, 2.05) is 24.4 Å². The summed E-state index contributed by atoms with van der Waals surface area (Å²) >= 11 is 0. The number of nitrogens with one attached hydrogen (secondary N) is 1. The monoisotopic (exact) mass is 434 g/mol. The average Bonchev–Trinajstić information content (AvgIpc) is 3.33. The Morgan fingerprint density at radius 3 is 2.34 bits per heavy atom. The molecule has 164 valence electrons. The van der Waals surface area contributed by atoms with Gasteiger partial charge in [-0.3, -0.25) is 0 Å². The molecule has 0 atom stereocenters. The van der Waals surface area contributed by atoms with E-state index < -0.39 is 0 Å². The Kier molecular flexibility index (Phi) is 4.84. The van der Waals surface area contributed by atoms with Crippen LogP contribution < -0.4 is 9.80 Å². The maximum atomic E-state index is 14.9. The normalized spacial score (nSPS) is 17.4. The molecule has 0 aliphatic carbocycles. The number of nitrogens with zero attached hydrogens (tertiary/aromatic N) is 5. The van der Waals surface area contributed by atoms with Gasteiger partial charge >= 0.3 is 0 Å². The Hall–Kier alpha value is -3.30. The summed E-state index contributed by atoms with van der Waals surface area (Å²) in [6.45, 7) is 5.53. The van der Waals surface area contributed by atoms with Gasteiger partial charge in [-0.2, -0.15) is 4.98 Å². The van der Waals surface area contributed by atoms with E-state index in [1.54, 1.807) is 6.07 Å². The molecule has 0 bridgehead atoms. The van der Waals surface area contributed by atoms with Crippen LogP contribution in [0, 0.1) is 5.82 Å². The quantitative estimate of drug-likeness (QED) is 0.531. The molecule has 6 rings (SSSR count). The van der Waals surface area contributed by atoms with E-state index in [0.29, 0.717) is 49.1 Å². The van der Waals surface area contributed by atoms with Gasteiger partial charge in [0.1, 0.15) is 11.3 Å². The summed E-state index contributed by atoms with van der Waals surface area (Å²) in [5, 5.41) is 0.802. The zero-order chi connectivity index (χ0) is 21.5. The fraction of sp³-hybridized carbons (Fsp3) is 0.348. The highest BCUT2D eigenvalue weighted by molar-refractivity contribution is 5.96. The summed E-state index contributed by atoms with van der Waals surface area (Å²) in [5.74, 6) is 1.14. The summed E-state index contributed by atoms with van der Waals surface area (Å²) < 4.78 is 25.9. The molecule has 4 aromatic rings. The summed E-state index contributed by atoms with van der Waals surface area (Å²) in [5.41, 5.74) is 3.34. The lowest BCUT2D eigenvalue weighted by Crippen LogP contribution is -2.39. The van der Waals surface area contributed by atoms with Gasteiger partial charge in [0.15, 0.2) is 5.82 Å². The van der Waals surface area contributed by atoms with Gasteiger partial charge in [0.25, 0.3) is 0 Å². The van der Waals surface area contributed by atoms with Crippen molar-refractivity contribution in [2.45, 2.75) is 0 Å². The number of anilines is 2. The number of halogens is 1. The zero-order valence-electron chi connectivity index (χ0n) is 17.6. The van der Waals surface area contributed by atoms with Crippen LogP contribution in [-0.4, -0.2) is 72.5 Å². The van der Waals surface area contributed by atoms with Crippen molar-refractivity contribution in [1.29, 1.82) is 0 Å². The largest absolute Gasteiger partial charge is 0.378 e. The molecule has 1 N–H and O–H groups in total. The van der Waals surface area contributed by atoms with E-state index >= 15 is 0 Å². The standard InChI is InChI=1S/C23H23FN6O2/c24-16-1-2-17-15(5-6-25-17)20(16)18-3-4-19-21(26-18)22(29-7-11-31-12-8-29)28-23(27-19)30-9-13-32-14-10-30/h1-6,25H,7-14H2. The second-order valence-electron chi connectivity index (χ2n) is 7.97. The van der Waals surface area contributed by atoms with E-state index in [4.69, 9.17) is 24.4 Å². The number of H-pyrrole nitrogens is 1. The van der Waals surface area contributed by atoms with Crippen LogP contribution in [0.2, 0.25) is 0 Å². The summed E-state index contributed by atoms with van der Waals surface area (Å²) in [7, 11) is 0. The molecule has 0 radical (unpaired) electrons. The van der Waals surface area contributed by atoms with E-state index in [2.05, 4.69) is 14.8 Å². The number of pyridine rings is 1. The minimum absolute atomic E-state index is 0.303. The van der Waals surface area contributed by atoms with Gasteiger partial charge in [0, 0.05) is 48.8 Å². The molecule has 0 unspecified atom stereocenters. The number of hydrogen-bond acceptors (Lipinski definition) is 7. The molecule has 8 nitrogen and oxygen atoms in total. The van der Waals surface area contributed by atoms with Crippen molar-refractivity contribution >= 4 is 33.7 Å². The molecule has 2 saturated heterocycles. The molecule has 1 aromatic carbocycles. The second kappa shape index (κ2) is 7.99. The topological polar surface area (TPSA) is 79.4 Å². The molecular formula is C23H23FN6O2. The van der Waals surface area contributed by atoms with E-state index in [-0.39, 0.29) is 5.82 Å². The Bertz CT molecular complexity index is 1280. The SMILES string of the molecule is Fc1ccc2[nH]ccc2c1-c1ccc2nc(N3CCOCC3)nc(N3CCOCC3)c2n1. The Morgan fingerprint density at radius 2 is 1.56 bits per heavy atom. The van der Waals surface area contributed by atoms with Crippen molar-refractivity contribution in [2.24, 2.45) is 0 Å². The van der Waals surface area contributed by atoms with Crippen molar-refractivity contribution < 1.29 is 13.9 Å². The van der Waals surface area contributed by atoms with E-state index in [9.17, 15) is 4.39 Å². The molecule has 0 amide bonds. The first-order valence-electron chi connectivity index (χ1n) is 10.9. The average molecular weight is 434 g/mol. The zero-order valence-corrected chi connectivity index (χ0v) is 17.6. The lowest BCUT2D eigenvalue weighted by Gasteiger charge is -2.31. The van der Waals surface area contributed by atoms with Crippen LogP contribution in [0.15, 0.2) is 36.5 Å². The van der Waals surface area contributed by atoms with Crippen molar-refractivity contribution in [3.63, 3.8) is 0 Å². The van der Waals surface area contributed by atoms with Crippen LogP contribution in [0.25, 0.3) is 33.2 Å². The van der Waals surface area contributed by atoms with Crippen molar-refractivity contribution in [1.82, 2.24) is 19.9 Å². The van der Waals surface area contributed by atoms with Gasteiger partial charge in [-0.1, -0.05) is 0 Å². The third kappa shape index (κ3) is 3.34. The van der Waals surface area contributed by atoms with Gasteiger partial charge in [-0.15, -0.1) is 0 Å². The minimum atomic E-state index is -0.303. The molecular weight excluding hydrogens is 411 g/mol. The van der Waals surface area contributed by atoms with Crippen LogP contribution >= 0.6 is 0 Å². The predicted octanol–water partition coefficient (Wildman–Crippen LogP) is 2.99. The Balaban J connectivity index is 1.53. The number of benzene rings is 1. The van der Waals surface area contributed by atoms with Crippen molar-refractivity contribution in [3.05, 3.63) is 42.3 Å². The maximum Gasteiger partial charge on any atom is 0.228 e.